The lowest BCUT2D eigenvalue weighted by atomic mass is 10.00. The summed E-state index contributed by atoms with van der Waals surface area (Å²) in [6, 6.07) is 7.24. The molecule has 4 nitrogen and oxygen atoms in total. The summed E-state index contributed by atoms with van der Waals surface area (Å²) in [5, 5.41) is 13.6. The Labute approximate surface area is 118 Å². The summed E-state index contributed by atoms with van der Waals surface area (Å²) in [6.45, 7) is 7.55. The van der Waals surface area contributed by atoms with Gasteiger partial charge in [-0.25, -0.2) is 0 Å². The number of para-hydroxylation sites is 1. The van der Waals surface area contributed by atoms with Crippen LogP contribution in [0.4, 0.5) is 0 Å². The van der Waals surface area contributed by atoms with Crippen LogP contribution in [0.15, 0.2) is 43.1 Å². The molecule has 0 bridgehead atoms. The van der Waals surface area contributed by atoms with Crippen molar-refractivity contribution in [1.82, 2.24) is 10.3 Å². The topological polar surface area (TPSA) is 65.1 Å². The maximum absolute atomic E-state index is 11.4. The summed E-state index contributed by atoms with van der Waals surface area (Å²) < 4.78 is 0. The molecule has 1 aromatic carbocycles. The van der Waals surface area contributed by atoms with E-state index in [0.717, 1.165) is 16.5 Å². The largest absolute Gasteiger partial charge is 0.480 e. The Hall–Kier alpha value is -2.07. The molecule has 4 heteroatoms. The Morgan fingerprint density at radius 1 is 1.50 bits per heavy atom. The Morgan fingerprint density at radius 3 is 2.85 bits per heavy atom. The highest BCUT2D eigenvalue weighted by atomic mass is 16.4. The number of hydrogen-bond acceptors (Lipinski definition) is 2. The molecule has 0 aliphatic carbocycles. The molecule has 0 saturated carbocycles. The summed E-state index contributed by atoms with van der Waals surface area (Å²) in [7, 11) is 0. The normalized spacial score (nSPS) is 13.3. The number of carboxylic acid groups (broad SMARTS) is 1. The molecule has 0 saturated heterocycles. The van der Waals surface area contributed by atoms with Gasteiger partial charge in [0.25, 0.3) is 0 Å². The fourth-order valence-electron chi connectivity index (χ4n) is 2.23. The quantitative estimate of drug-likeness (QED) is 0.708. The third-order valence-electron chi connectivity index (χ3n) is 3.45. The van der Waals surface area contributed by atoms with Crippen molar-refractivity contribution in [2.45, 2.75) is 31.8 Å². The average Bonchev–Trinajstić information content (AvgIpc) is 2.81. The molecule has 0 spiro atoms. The van der Waals surface area contributed by atoms with E-state index in [9.17, 15) is 9.90 Å². The van der Waals surface area contributed by atoms with Crippen LogP contribution in [0.5, 0.6) is 0 Å². The molecule has 20 heavy (non-hydrogen) atoms. The van der Waals surface area contributed by atoms with Crippen molar-refractivity contribution < 1.29 is 9.90 Å². The number of aromatic nitrogens is 1. The first kappa shape index (κ1) is 14.3. The molecule has 2 rings (SSSR count). The van der Waals surface area contributed by atoms with Crippen molar-refractivity contribution in [3.63, 3.8) is 0 Å². The Balaban J connectivity index is 2.24. The number of rotatable bonds is 6. The number of carbonyl (C=O) groups is 1. The maximum Gasteiger partial charge on any atom is 0.321 e. The fourth-order valence-corrected chi connectivity index (χ4v) is 2.23. The van der Waals surface area contributed by atoms with Gasteiger partial charge in [0.1, 0.15) is 6.04 Å². The lowest BCUT2D eigenvalue weighted by Crippen LogP contribution is -2.49. The molecule has 106 valence electrons. The van der Waals surface area contributed by atoms with Crippen LogP contribution in [0.2, 0.25) is 0 Å². The molecule has 2 aromatic rings. The van der Waals surface area contributed by atoms with Crippen LogP contribution in [0.3, 0.4) is 0 Å². The number of aliphatic carboxylic acids is 1. The van der Waals surface area contributed by atoms with Gasteiger partial charge in [-0.05, 0) is 25.5 Å². The van der Waals surface area contributed by atoms with Crippen molar-refractivity contribution in [1.29, 1.82) is 0 Å². The molecule has 0 radical (unpaired) electrons. The third kappa shape index (κ3) is 3.08. The first-order chi connectivity index (χ1) is 9.43. The Bertz CT molecular complexity index is 628. The van der Waals surface area contributed by atoms with Crippen LogP contribution >= 0.6 is 0 Å². The predicted molar refractivity (Wildman–Crippen MR) is 80.8 cm³/mol. The number of nitrogens with one attached hydrogen (secondary N) is 2. The Morgan fingerprint density at radius 2 is 2.20 bits per heavy atom. The molecule has 1 atom stereocenters. The van der Waals surface area contributed by atoms with E-state index < -0.39 is 17.6 Å². The summed E-state index contributed by atoms with van der Waals surface area (Å²) in [5.74, 6) is -0.856. The highest BCUT2D eigenvalue weighted by Gasteiger charge is 2.25. The van der Waals surface area contributed by atoms with Gasteiger partial charge < -0.3 is 10.1 Å². The molecular weight excluding hydrogens is 252 g/mol. The van der Waals surface area contributed by atoms with Crippen LogP contribution in [-0.4, -0.2) is 27.6 Å². The summed E-state index contributed by atoms with van der Waals surface area (Å²) in [6.07, 6.45) is 4.03. The van der Waals surface area contributed by atoms with E-state index in [1.165, 1.54) is 0 Å². The first-order valence-corrected chi connectivity index (χ1v) is 6.62. The van der Waals surface area contributed by atoms with Crippen LogP contribution in [0.1, 0.15) is 19.4 Å². The minimum Gasteiger partial charge on any atom is -0.480 e. The lowest BCUT2D eigenvalue weighted by molar-refractivity contribution is -0.139. The molecule has 3 N–H and O–H groups in total. The summed E-state index contributed by atoms with van der Waals surface area (Å²) >= 11 is 0. The summed E-state index contributed by atoms with van der Waals surface area (Å²) in [4.78, 5) is 14.6. The summed E-state index contributed by atoms with van der Waals surface area (Å²) in [5.41, 5.74) is 1.60. The number of benzene rings is 1. The van der Waals surface area contributed by atoms with Crippen LogP contribution < -0.4 is 5.32 Å². The van der Waals surface area contributed by atoms with E-state index in [1.54, 1.807) is 6.08 Å². The second-order valence-corrected chi connectivity index (χ2v) is 5.52. The van der Waals surface area contributed by atoms with Gasteiger partial charge in [-0.1, -0.05) is 24.3 Å². The van der Waals surface area contributed by atoms with Gasteiger partial charge in [0, 0.05) is 29.1 Å². The van der Waals surface area contributed by atoms with Crippen LogP contribution in [0.25, 0.3) is 10.9 Å². The fraction of sp³-hybridized carbons (Fsp3) is 0.312. The van der Waals surface area contributed by atoms with Crippen molar-refractivity contribution in [3.05, 3.63) is 48.7 Å². The van der Waals surface area contributed by atoms with Gasteiger partial charge in [0.05, 0.1) is 0 Å². The standard InChI is InChI=1S/C16H20N2O2/c1-4-16(2,3)18-14(15(19)20)9-11-10-17-13-8-6-5-7-12(11)13/h4-8,10,14,17-18H,1,9H2,2-3H3,(H,19,20)/t14-/m0/s1. The zero-order chi connectivity index (χ0) is 14.8. The maximum atomic E-state index is 11.4. The zero-order valence-electron chi connectivity index (χ0n) is 11.8. The minimum atomic E-state index is -0.856. The third-order valence-corrected chi connectivity index (χ3v) is 3.45. The monoisotopic (exact) mass is 272 g/mol. The van der Waals surface area contributed by atoms with Crippen LogP contribution in [-0.2, 0) is 11.2 Å². The van der Waals surface area contributed by atoms with Gasteiger partial charge >= 0.3 is 5.97 Å². The van der Waals surface area contributed by atoms with Crippen molar-refractivity contribution in [3.8, 4) is 0 Å². The van der Waals surface area contributed by atoms with E-state index in [2.05, 4.69) is 16.9 Å². The number of hydrogen-bond donors (Lipinski definition) is 3. The molecular formula is C16H20N2O2. The predicted octanol–water partition coefficient (Wildman–Crippen LogP) is 2.72. The van der Waals surface area contributed by atoms with E-state index in [1.807, 2.05) is 44.3 Å². The van der Waals surface area contributed by atoms with Gasteiger partial charge in [-0.15, -0.1) is 6.58 Å². The number of aromatic amines is 1. The van der Waals surface area contributed by atoms with Crippen molar-refractivity contribution in [2.24, 2.45) is 0 Å². The molecule has 1 heterocycles. The van der Waals surface area contributed by atoms with E-state index >= 15 is 0 Å². The highest BCUT2D eigenvalue weighted by Crippen LogP contribution is 2.20. The second-order valence-electron chi connectivity index (χ2n) is 5.52. The SMILES string of the molecule is C=CC(C)(C)N[C@@H](Cc1c[nH]c2ccccc12)C(=O)O. The van der Waals surface area contributed by atoms with E-state index in [4.69, 9.17) is 0 Å². The Kier molecular flexibility index (Phi) is 3.95. The van der Waals surface area contributed by atoms with E-state index in [0.29, 0.717) is 6.42 Å². The van der Waals surface area contributed by atoms with Gasteiger partial charge in [0.15, 0.2) is 0 Å². The first-order valence-electron chi connectivity index (χ1n) is 6.62. The molecule has 0 aliphatic rings. The zero-order valence-corrected chi connectivity index (χ0v) is 11.8. The molecule has 0 fully saturated rings. The second kappa shape index (κ2) is 5.51. The molecule has 0 unspecified atom stereocenters. The van der Waals surface area contributed by atoms with Crippen molar-refractivity contribution in [2.75, 3.05) is 0 Å². The van der Waals surface area contributed by atoms with Crippen LogP contribution in [0, 0.1) is 0 Å². The smallest absolute Gasteiger partial charge is 0.321 e. The number of H-pyrrole nitrogens is 1. The average molecular weight is 272 g/mol. The van der Waals surface area contributed by atoms with E-state index in [-0.39, 0.29) is 0 Å². The molecule has 1 aromatic heterocycles. The minimum absolute atomic E-state index is 0.421. The lowest BCUT2D eigenvalue weighted by Gasteiger charge is -2.26. The van der Waals surface area contributed by atoms with Gasteiger partial charge in [-0.3, -0.25) is 10.1 Å². The number of carboxylic acids is 1. The highest BCUT2D eigenvalue weighted by molar-refractivity contribution is 5.84. The molecule has 0 amide bonds. The van der Waals surface area contributed by atoms with Crippen molar-refractivity contribution >= 4 is 16.9 Å². The number of fused-ring (bicyclic) bond motifs is 1. The van der Waals surface area contributed by atoms with Gasteiger partial charge in [0.2, 0.25) is 0 Å². The molecule has 0 aliphatic heterocycles. The van der Waals surface area contributed by atoms with Gasteiger partial charge in [-0.2, -0.15) is 0 Å².